The number of nitrogens with zero attached hydrogens (tertiary/aromatic N) is 3. The minimum Gasteiger partial charge on any atom is -0.379 e. The van der Waals surface area contributed by atoms with Crippen molar-refractivity contribution in [3.8, 4) is 0 Å². The second-order valence-electron chi connectivity index (χ2n) is 10.4. The number of imidazole rings is 1. The second-order valence-corrected chi connectivity index (χ2v) is 13.5. The highest BCUT2D eigenvalue weighted by Gasteiger charge is 2.40. The summed E-state index contributed by atoms with van der Waals surface area (Å²) in [5.74, 6) is -0.860. The lowest BCUT2D eigenvalue weighted by atomic mass is 9.67. The molecule has 4 rings (SSSR count). The normalized spacial score (nSPS) is 21.3. The summed E-state index contributed by atoms with van der Waals surface area (Å²) in [6, 6.07) is 0. The molecule has 0 saturated carbocycles. The number of ether oxygens (including phenoxy) is 1. The molecular formula is C22H33N3O4S2. The fraction of sp³-hybridized carbons (Fsp3) is 0.727. The molecule has 172 valence electrons. The topological polar surface area (TPSA) is 81.0 Å². The summed E-state index contributed by atoms with van der Waals surface area (Å²) in [7, 11) is -3.46. The zero-order chi connectivity index (χ0) is 22.4. The van der Waals surface area contributed by atoms with Gasteiger partial charge in [0.1, 0.15) is 11.4 Å². The zero-order valence-electron chi connectivity index (χ0n) is 18.9. The van der Waals surface area contributed by atoms with Crippen molar-refractivity contribution in [2.75, 3.05) is 44.4 Å². The smallest absolute Gasteiger partial charge is 0.197 e. The molecule has 0 amide bonds. The Morgan fingerprint density at radius 2 is 1.94 bits per heavy atom. The largest absolute Gasteiger partial charge is 0.379 e. The molecule has 3 heterocycles. The number of hydrogen-bond donors (Lipinski definition) is 0. The summed E-state index contributed by atoms with van der Waals surface area (Å²) in [6.07, 6.45) is 4.31. The fourth-order valence-corrected chi connectivity index (χ4v) is 7.67. The van der Waals surface area contributed by atoms with Crippen molar-refractivity contribution in [1.82, 2.24) is 14.3 Å². The maximum absolute atomic E-state index is 12.7. The number of morpholine rings is 1. The molecule has 0 spiro atoms. The van der Waals surface area contributed by atoms with Gasteiger partial charge in [0, 0.05) is 35.3 Å². The quantitative estimate of drug-likeness (QED) is 0.583. The Morgan fingerprint density at radius 3 is 2.65 bits per heavy atom. The van der Waals surface area contributed by atoms with Crippen LogP contribution < -0.4 is 0 Å². The molecule has 1 aliphatic carbocycles. The van der Waals surface area contributed by atoms with Crippen molar-refractivity contribution in [3.05, 3.63) is 22.5 Å². The lowest BCUT2D eigenvalue weighted by Gasteiger charge is -2.40. The van der Waals surface area contributed by atoms with E-state index < -0.39 is 21.4 Å². The Morgan fingerprint density at radius 1 is 1.23 bits per heavy atom. The molecule has 31 heavy (non-hydrogen) atoms. The van der Waals surface area contributed by atoms with Crippen LogP contribution in [0.2, 0.25) is 0 Å². The van der Waals surface area contributed by atoms with Gasteiger partial charge in [-0.3, -0.25) is 14.1 Å². The van der Waals surface area contributed by atoms with Crippen LogP contribution in [0.4, 0.5) is 0 Å². The highest BCUT2D eigenvalue weighted by atomic mass is 32.2. The molecule has 1 fully saturated rings. The first kappa shape index (κ1) is 22.9. The molecule has 7 nitrogen and oxygen atoms in total. The average Bonchev–Trinajstić information content (AvgIpc) is 3.20. The van der Waals surface area contributed by atoms with Gasteiger partial charge >= 0.3 is 0 Å². The number of Topliss-reactive ketones (excluding diaryl/α,β-unsaturated/α-hetero) is 1. The van der Waals surface area contributed by atoms with E-state index in [-0.39, 0.29) is 22.3 Å². The van der Waals surface area contributed by atoms with Crippen molar-refractivity contribution in [3.63, 3.8) is 0 Å². The van der Waals surface area contributed by atoms with Crippen LogP contribution in [0.5, 0.6) is 0 Å². The molecule has 0 unspecified atom stereocenters. The zero-order valence-corrected chi connectivity index (χ0v) is 20.6. The Bertz CT molecular complexity index is 1080. The number of rotatable bonds is 7. The van der Waals surface area contributed by atoms with E-state index in [1.807, 2.05) is 4.40 Å². The third-order valence-electron chi connectivity index (χ3n) is 6.27. The van der Waals surface area contributed by atoms with Gasteiger partial charge < -0.3 is 4.74 Å². The Balaban J connectivity index is 1.44. The molecule has 2 aromatic rings. The minimum absolute atomic E-state index is 0.0239. The van der Waals surface area contributed by atoms with Crippen molar-refractivity contribution < 1.29 is 17.9 Å². The summed E-state index contributed by atoms with van der Waals surface area (Å²) in [5, 5.41) is 0. The van der Waals surface area contributed by atoms with Crippen molar-refractivity contribution in [1.29, 1.82) is 0 Å². The van der Waals surface area contributed by atoms with E-state index in [0.29, 0.717) is 26.2 Å². The Hall–Kier alpha value is -1.29. The number of fused-ring (bicyclic) bond motifs is 3. The third kappa shape index (κ3) is 5.05. The Kier molecular flexibility index (Phi) is 6.09. The van der Waals surface area contributed by atoms with E-state index in [2.05, 4.69) is 37.6 Å². The lowest BCUT2D eigenvalue weighted by Crippen LogP contribution is -2.37. The first-order chi connectivity index (χ1) is 14.5. The van der Waals surface area contributed by atoms with Crippen LogP contribution in [-0.2, 0) is 26.4 Å². The van der Waals surface area contributed by atoms with E-state index >= 15 is 0 Å². The summed E-state index contributed by atoms with van der Waals surface area (Å²) < 4.78 is 32.4. The summed E-state index contributed by atoms with van der Waals surface area (Å²) in [5.41, 5.74) is 1.70. The van der Waals surface area contributed by atoms with E-state index in [1.54, 1.807) is 17.5 Å². The van der Waals surface area contributed by atoms with Gasteiger partial charge in [0.2, 0.25) is 0 Å². The number of aromatic nitrogens is 2. The fourth-order valence-electron chi connectivity index (χ4n) is 5.19. The standard InChI is InChI=1S/C22H33N3O4S2/c1-21(2)12-17-19(22(3,4)15-21)30-20-23-16(13-25(17)20)18(26)14-31(27,28)11-5-6-24-7-9-29-10-8-24/h13H,5-12,14-15H2,1-4H3. The monoisotopic (exact) mass is 467 g/mol. The van der Waals surface area contributed by atoms with Gasteiger partial charge in [-0.2, -0.15) is 0 Å². The van der Waals surface area contributed by atoms with Crippen LogP contribution in [0.1, 0.15) is 61.6 Å². The number of carbonyl (C=O) groups is 1. The molecule has 2 aliphatic rings. The molecule has 0 N–H and O–H groups in total. The maximum Gasteiger partial charge on any atom is 0.197 e. The van der Waals surface area contributed by atoms with Crippen molar-refractivity contribution in [2.24, 2.45) is 5.41 Å². The molecule has 0 radical (unpaired) electrons. The van der Waals surface area contributed by atoms with Crippen molar-refractivity contribution in [2.45, 2.75) is 52.4 Å². The van der Waals surface area contributed by atoms with Crippen LogP contribution >= 0.6 is 11.3 Å². The number of sulfone groups is 1. The summed E-state index contributed by atoms with van der Waals surface area (Å²) in [6.45, 7) is 12.8. The second kappa shape index (κ2) is 8.24. The maximum atomic E-state index is 12.7. The molecule has 1 saturated heterocycles. The van der Waals surface area contributed by atoms with E-state index in [0.717, 1.165) is 30.9 Å². The highest BCUT2D eigenvalue weighted by molar-refractivity contribution is 7.92. The first-order valence-electron chi connectivity index (χ1n) is 11.0. The molecular weight excluding hydrogens is 434 g/mol. The Labute approximate surface area is 188 Å². The molecule has 1 aliphatic heterocycles. The van der Waals surface area contributed by atoms with Gasteiger partial charge in [-0.05, 0) is 31.2 Å². The third-order valence-corrected chi connectivity index (χ3v) is 9.35. The van der Waals surface area contributed by atoms with Gasteiger partial charge in [-0.15, -0.1) is 11.3 Å². The van der Waals surface area contributed by atoms with Gasteiger partial charge in [-0.25, -0.2) is 13.4 Å². The van der Waals surface area contributed by atoms with Crippen molar-refractivity contribution >= 4 is 31.9 Å². The number of carbonyl (C=O) groups excluding carboxylic acids is 1. The molecule has 2 aromatic heterocycles. The summed E-state index contributed by atoms with van der Waals surface area (Å²) in [4.78, 5) is 21.6. The van der Waals surface area contributed by atoms with E-state index in [1.165, 1.54) is 10.6 Å². The molecule has 0 bridgehead atoms. The van der Waals surface area contributed by atoms with Crippen LogP contribution in [0.25, 0.3) is 4.96 Å². The van der Waals surface area contributed by atoms with Gasteiger partial charge in [0.15, 0.2) is 20.6 Å². The molecule has 0 atom stereocenters. The van der Waals surface area contributed by atoms with Gasteiger partial charge in [0.25, 0.3) is 0 Å². The average molecular weight is 468 g/mol. The van der Waals surface area contributed by atoms with Crippen LogP contribution in [0, 0.1) is 5.41 Å². The van der Waals surface area contributed by atoms with Crippen LogP contribution in [-0.4, -0.2) is 72.8 Å². The summed E-state index contributed by atoms with van der Waals surface area (Å²) >= 11 is 1.63. The van der Waals surface area contributed by atoms with Gasteiger partial charge in [-0.1, -0.05) is 27.7 Å². The molecule has 0 aromatic carbocycles. The number of hydrogen-bond acceptors (Lipinski definition) is 7. The van der Waals surface area contributed by atoms with Crippen LogP contribution in [0.15, 0.2) is 6.20 Å². The predicted octanol–water partition coefficient (Wildman–Crippen LogP) is 2.97. The van der Waals surface area contributed by atoms with E-state index in [4.69, 9.17) is 4.74 Å². The number of thiazole rings is 1. The molecule has 9 heteroatoms. The minimum atomic E-state index is -3.46. The lowest BCUT2D eigenvalue weighted by molar-refractivity contribution is 0.0381. The first-order valence-corrected chi connectivity index (χ1v) is 13.6. The SMILES string of the molecule is CC1(C)Cc2c(sc3nc(C(=O)CS(=O)(=O)CCCN4CCOCC4)cn23)C(C)(C)C1. The van der Waals surface area contributed by atoms with E-state index in [9.17, 15) is 13.2 Å². The predicted molar refractivity (Wildman–Crippen MR) is 123 cm³/mol. The van der Waals surface area contributed by atoms with Gasteiger partial charge in [0.05, 0.1) is 19.0 Å². The van der Waals surface area contributed by atoms with Crippen LogP contribution in [0.3, 0.4) is 0 Å². The highest BCUT2D eigenvalue weighted by Crippen LogP contribution is 2.48. The number of ketones is 1.